The molecular formula is C14H18N4O5S. The van der Waals surface area contributed by atoms with E-state index in [1.54, 1.807) is 19.9 Å². The van der Waals surface area contributed by atoms with Gasteiger partial charge in [0.2, 0.25) is 5.91 Å². The molecule has 10 heteroatoms. The van der Waals surface area contributed by atoms with Crippen LogP contribution >= 0.6 is 0 Å². The minimum atomic E-state index is -3.20. The number of carbonyl (C=O) groups excluding carboxylic acids is 1. The van der Waals surface area contributed by atoms with Gasteiger partial charge in [-0.3, -0.25) is 14.2 Å². The molecule has 1 aromatic rings. The summed E-state index contributed by atoms with van der Waals surface area (Å²) in [6.07, 6.45) is 1.43. The van der Waals surface area contributed by atoms with Crippen molar-refractivity contribution in [1.29, 1.82) is 5.26 Å². The van der Waals surface area contributed by atoms with Gasteiger partial charge >= 0.3 is 5.69 Å². The number of rotatable bonds is 4. The van der Waals surface area contributed by atoms with E-state index in [2.05, 4.69) is 5.32 Å². The first-order valence-electron chi connectivity index (χ1n) is 7.36. The third-order valence-corrected chi connectivity index (χ3v) is 5.85. The van der Waals surface area contributed by atoms with Crippen LogP contribution in [0.5, 0.6) is 0 Å². The molecule has 0 saturated carbocycles. The monoisotopic (exact) mass is 354 g/mol. The molecule has 1 aliphatic heterocycles. The summed E-state index contributed by atoms with van der Waals surface area (Å²) in [6.45, 7) is 2.95. The van der Waals surface area contributed by atoms with E-state index >= 15 is 0 Å². The maximum Gasteiger partial charge on any atom is 0.331 e. The molecule has 9 nitrogen and oxygen atoms in total. The van der Waals surface area contributed by atoms with Gasteiger partial charge in [-0.1, -0.05) is 0 Å². The van der Waals surface area contributed by atoms with E-state index in [9.17, 15) is 22.8 Å². The highest BCUT2D eigenvalue weighted by molar-refractivity contribution is 7.91. The highest BCUT2D eigenvalue weighted by atomic mass is 32.2. The maximum atomic E-state index is 12.2. The van der Waals surface area contributed by atoms with E-state index in [1.165, 1.54) is 0 Å². The van der Waals surface area contributed by atoms with Crippen LogP contribution in [-0.2, 0) is 27.7 Å². The molecule has 24 heavy (non-hydrogen) atoms. The number of nitrogens with one attached hydrogen (secondary N) is 1. The van der Waals surface area contributed by atoms with Crippen LogP contribution in [0.4, 0.5) is 0 Å². The summed E-state index contributed by atoms with van der Waals surface area (Å²) >= 11 is 0. The second-order valence-electron chi connectivity index (χ2n) is 6.07. The molecule has 0 bridgehead atoms. The van der Waals surface area contributed by atoms with Crippen LogP contribution in [0, 0.1) is 11.3 Å². The fourth-order valence-corrected chi connectivity index (χ4v) is 4.82. The van der Waals surface area contributed by atoms with E-state index < -0.39 is 39.1 Å². The smallest absolute Gasteiger partial charge is 0.331 e. The highest BCUT2D eigenvalue weighted by Gasteiger charge is 2.39. The molecule has 1 aliphatic rings. The van der Waals surface area contributed by atoms with Crippen LogP contribution in [0.1, 0.15) is 25.8 Å². The van der Waals surface area contributed by atoms with Crippen molar-refractivity contribution in [2.45, 2.75) is 38.9 Å². The number of aryl methyl sites for hydroxylation is 1. The molecule has 1 fully saturated rings. The van der Waals surface area contributed by atoms with Crippen molar-refractivity contribution < 1.29 is 13.2 Å². The maximum absolute atomic E-state index is 12.2. The van der Waals surface area contributed by atoms with E-state index in [4.69, 9.17) is 5.26 Å². The molecule has 0 unspecified atom stereocenters. The third-order valence-electron chi connectivity index (χ3n) is 3.94. The second kappa shape index (κ2) is 6.24. The fourth-order valence-electron chi connectivity index (χ4n) is 2.73. The van der Waals surface area contributed by atoms with Crippen LogP contribution in [0.3, 0.4) is 0 Å². The van der Waals surface area contributed by atoms with E-state index in [-0.39, 0.29) is 30.0 Å². The first kappa shape index (κ1) is 17.9. The number of hydrogen-bond acceptors (Lipinski definition) is 6. The number of amides is 1. The average Bonchev–Trinajstić information content (AvgIpc) is 2.77. The minimum Gasteiger partial charge on any atom is -0.348 e. The molecule has 1 N–H and O–H groups in total. The Morgan fingerprint density at radius 3 is 2.62 bits per heavy atom. The van der Waals surface area contributed by atoms with Crippen molar-refractivity contribution in [3.8, 4) is 6.07 Å². The summed E-state index contributed by atoms with van der Waals surface area (Å²) in [4.78, 5) is 36.5. The number of nitriles is 1. The highest BCUT2D eigenvalue weighted by Crippen LogP contribution is 2.22. The molecule has 2 rings (SSSR count). The van der Waals surface area contributed by atoms with Crippen LogP contribution in [0.2, 0.25) is 0 Å². The van der Waals surface area contributed by atoms with Crippen molar-refractivity contribution in [3.63, 3.8) is 0 Å². The summed E-state index contributed by atoms with van der Waals surface area (Å²) in [5.41, 5.74) is -2.69. The van der Waals surface area contributed by atoms with Crippen molar-refractivity contribution in [2.75, 3.05) is 11.5 Å². The van der Waals surface area contributed by atoms with Crippen LogP contribution in [-0.4, -0.2) is 40.5 Å². The molecule has 1 amide bonds. The van der Waals surface area contributed by atoms with Crippen LogP contribution < -0.4 is 16.6 Å². The van der Waals surface area contributed by atoms with Crippen molar-refractivity contribution in [1.82, 2.24) is 14.5 Å². The Balaban J connectivity index is 2.29. The van der Waals surface area contributed by atoms with Gasteiger partial charge in [0.25, 0.3) is 5.56 Å². The lowest BCUT2D eigenvalue weighted by atomic mass is 10.0. The zero-order valence-electron chi connectivity index (χ0n) is 13.4. The molecule has 0 aromatic carbocycles. The standard InChI is InChI=1S/C14H18N4O5S/c1-3-17-7-10(6-15)12(20)18(13(17)21)8-11(19)16-14(2)4-5-24(22,23)9-14/h7H,3-5,8-9H2,1-2H3,(H,16,19)/t14-/m0/s1. The van der Waals surface area contributed by atoms with E-state index in [0.29, 0.717) is 4.57 Å². The number of aromatic nitrogens is 2. The Kier molecular flexibility index (Phi) is 4.66. The Morgan fingerprint density at radius 2 is 2.12 bits per heavy atom. The van der Waals surface area contributed by atoms with Crippen molar-refractivity contribution in [2.24, 2.45) is 0 Å². The Bertz CT molecular complexity index is 937. The van der Waals surface area contributed by atoms with Gasteiger partial charge in [0.15, 0.2) is 9.84 Å². The first-order chi connectivity index (χ1) is 11.1. The summed E-state index contributed by atoms with van der Waals surface area (Å²) in [6, 6.07) is 1.70. The van der Waals surface area contributed by atoms with E-state index in [1.807, 2.05) is 0 Å². The topological polar surface area (TPSA) is 131 Å². The number of carbonyl (C=O) groups is 1. The number of sulfone groups is 1. The minimum absolute atomic E-state index is 0.0176. The lowest BCUT2D eigenvalue weighted by molar-refractivity contribution is -0.123. The Morgan fingerprint density at radius 1 is 1.46 bits per heavy atom. The molecule has 0 aliphatic carbocycles. The first-order valence-corrected chi connectivity index (χ1v) is 9.19. The summed E-state index contributed by atoms with van der Waals surface area (Å²) in [5.74, 6) is -0.847. The van der Waals surface area contributed by atoms with Gasteiger partial charge in [0, 0.05) is 12.7 Å². The van der Waals surface area contributed by atoms with Crippen molar-refractivity contribution in [3.05, 3.63) is 32.6 Å². The molecule has 2 heterocycles. The zero-order chi connectivity index (χ0) is 18.1. The molecule has 1 atom stereocenters. The van der Waals surface area contributed by atoms with Gasteiger partial charge in [0.05, 0.1) is 17.0 Å². The largest absolute Gasteiger partial charge is 0.348 e. The quantitative estimate of drug-likeness (QED) is 0.707. The second-order valence-corrected chi connectivity index (χ2v) is 8.25. The third kappa shape index (κ3) is 3.56. The average molecular weight is 354 g/mol. The predicted octanol–water partition coefficient (Wildman–Crippen LogP) is -1.41. The number of nitrogens with zero attached hydrogens (tertiary/aromatic N) is 3. The van der Waals surface area contributed by atoms with E-state index in [0.717, 1.165) is 10.8 Å². The summed E-state index contributed by atoms with van der Waals surface area (Å²) in [7, 11) is -3.20. The predicted molar refractivity (Wildman–Crippen MR) is 85.2 cm³/mol. The fraction of sp³-hybridized carbons (Fsp3) is 0.571. The van der Waals surface area contributed by atoms with Gasteiger partial charge in [-0.25, -0.2) is 17.8 Å². The Hall–Kier alpha value is -2.41. The summed E-state index contributed by atoms with van der Waals surface area (Å²) in [5, 5.41) is 11.6. The van der Waals surface area contributed by atoms with Gasteiger partial charge in [-0.2, -0.15) is 5.26 Å². The lowest BCUT2D eigenvalue weighted by Gasteiger charge is -2.24. The summed E-state index contributed by atoms with van der Waals surface area (Å²) < 4.78 is 25.0. The van der Waals surface area contributed by atoms with Gasteiger partial charge < -0.3 is 5.32 Å². The van der Waals surface area contributed by atoms with Gasteiger partial charge in [-0.15, -0.1) is 0 Å². The molecule has 0 spiro atoms. The van der Waals surface area contributed by atoms with Crippen molar-refractivity contribution >= 4 is 15.7 Å². The Labute approximate surface area is 138 Å². The number of hydrogen-bond donors (Lipinski definition) is 1. The normalized spacial score (nSPS) is 22.0. The van der Waals surface area contributed by atoms with Gasteiger partial charge in [-0.05, 0) is 20.3 Å². The lowest BCUT2D eigenvalue weighted by Crippen LogP contribution is -2.51. The molecule has 1 saturated heterocycles. The SMILES string of the molecule is CCn1cc(C#N)c(=O)n(CC(=O)N[C@@]2(C)CCS(=O)(=O)C2)c1=O. The molecule has 1 aromatic heterocycles. The molecule has 0 radical (unpaired) electrons. The van der Waals surface area contributed by atoms with Crippen LogP contribution in [0.25, 0.3) is 0 Å². The molecule has 130 valence electrons. The molecular weight excluding hydrogens is 336 g/mol. The zero-order valence-corrected chi connectivity index (χ0v) is 14.2. The van der Waals surface area contributed by atoms with Crippen LogP contribution in [0.15, 0.2) is 15.8 Å². The van der Waals surface area contributed by atoms with Gasteiger partial charge in [0.1, 0.15) is 18.2 Å².